The summed E-state index contributed by atoms with van der Waals surface area (Å²) in [6, 6.07) is 8.88. The van der Waals surface area contributed by atoms with Gasteiger partial charge in [-0.3, -0.25) is 4.90 Å². The fourth-order valence-corrected chi connectivity index (χ4v) is 2.91. The van der Waals surface area contributed by atoms with E-state index in [0.717, 1.165) is 12.4 Å². The van der Waals surface area contributed by atoms with Crippen LogP contribution in [0.2, 0.25) is 0 Å². The lowest BCUT2D eigenvalue weighted by atomic mass is 9.91. The van der Waals surface area contributed by atoms with Gasteiger partial charge in [0.15, 0.2) is 0 Å². The summed E-state index contributed by atoms with van der Waals surface area (Å²) in [6.45, 7) is 5.40. The van der Waals surface area contributed by atoms with Crippen LogP contribution in [-0.4, -0.2) is 30.6 Å². The van der Waals surface area contributed by atoms with Crippen molar-refractivity contribution in [3.05, 3.63) is 35.9 Å². The summed E-state index contributed by atoms with van der Waals surface area (Å²) in [4.78, 5) is 2.56. The molecule has 1 aromatic carbocycles. The van der Waals surface area contributed by atoms with Gasteiger partial charge in [-0.25, -0.2) is 0 Å². The number of hydrogen-bond donors (Lipinski definition) is 0. The summed E-state index contributed by atoms with van der Waals surface area (Å²) < 4.78 is 5.89. The molecular weight excluding hydrogens is 210 g/mol. The molecule has 0 saturated heterocycles. The Labute approximate surface area is 103 Å². The zero-order valence-electron chi connectivity index (χ0n) is 10.4. The van der Waals surface area contributed by atoms with Crippen LogP contribution >= 0.6 is 0 Å². The fraction of sp³-hybridized carbons (Fsp3) is 0.467. The lowest BCUT2D eigenvalue weighted by Crippen LogP contribution is -2.45. The molecule has 2 aliphatic rings. The predicted molar refractivity (Wildman–Crippen MR) is 70.2 cm³/mol. The van der Waals surface area contributed by atoms with Gasteiger partial charge in [0.2, 0.25) is 0 Å². The Balaban J connectivity index is 1.95. The van der Waals surface area contributed by atoms with Crippen molar-refractivity contribution in [3.8, 4) is 5.75 Å². The molecule has 0 aromatic heterocycles. The molecule has 0 radical (unpaired) electrons. The number of hydrogen-bond acceptors (Lipinski definition) is 2. The van der Waals surface area contributed by atoms with Gasteiger partial charge >= 0.3 is 0 Å². The molecule has 3 rings (SSSR count). The first kappa shape index (κ1) is 10.8. The van der Waals surface area contributed by atoms with E-state index in [1.807, 2.05) is 6.07 Å². The van der Waals surface area contributed by atoms with Gasteiger partial charge < -0.3 is 4.74 Å². The average Bonchev–Trinajstić information content (AvgIpc) is 2.39. The Kier molecular flexibility index (Phi) is 2.89. The minimum absolute atomic E-state index is 0.471. The molecule has 0 aliphatic carbocycles. The average molecular weight is 229 g/mol. The normalized spacial score (nSPS) is 23.4. The quantitative estimate of drug-likeness (QED) is 0.773. The van der Waals surface area contributed by atoms with E-state index in [4.69, 9.17) is 4.74 Å². The van der Waals surface area contributed by atoms with Gasteiger partial charge in [-0.05, 0) is 31.0 Å². The SMILES string of the molecule is CCCN1CCC=C2c3ccccc3OC[C@@H]21. The summed E-state index contributed by atoms with van der Waals surface area (Å²) >= 11 is 0. The van der Waals surface area contributed by atoms with Crippen LogP contribution in [-0.2, 0) is 0 Å². The van der Waals surface area contributed by atoms with Gasteiger partial charge in [0.25, 0.3) is 0 Å². The van der Waals surface area contributed by atoms with E-state index in [0.29, 0.717) is 6.04 Å². The molecule has 0 bridgehead atoms. The molecule has 2 heteroatoms. The lowest BCUT2D eigenvalue weighted by molar-refractivity contribution is 0.157. The third-order valence-corrected chi connectivity index (χ3v) is 3.69. The molecule has 0 amide bonds. The fourth-order valence-electron chi connectivity index (χ4n) is 2.91. The van der Waals surface area contributed by atoms with E-state index in [1.165, 1.54) is 37.1 Å². The third-order valence-electron chi connectivity index (χ3n) is 3.69. The Hall–Kier alpha value is -1.28. The topological polar surface area (TPSA) is 12.5 Å². The molecule has 0 unspecified atom stereocenters. The molecule has 2 heterocycles. The van der Waals surface area contributed by atoms with Crippen LogP contribution < -0.4 is 4.74 Å². The zero-order chi connectivity index (χ0) is 11.7. The minimum Gasteiger partial charge on any atom is -0.491 e. The molecule has 0 spiro atoms. The van der Waals surface area contributed by atoms with Gasteiger partial charge in [-0.2, -0.15) is 0 Å². The van der Waals surface area contributed by atoms with E-state index >= 15 is 0 Å². The second-order valence-corrected chi connectivity index (χ2v) is 4.81. The molecule has 90 valence electrons. The highest BCUT2D eigenvalue weighted by Gasteiger charge is 2.31. The van der Waals surface area contributed by atoms with Crippen molar-refractivity contribution in [2.45, 2.75) is 25.8 Å². The third kappa shape index (κ3) is 1.87. The van der Waals surface area contributed by atoms with Crippen molar-refractivity contribution in [1.82, 2.24) is 4.90 Å². The number of fused-ring (bicyclic) bond motifs is 3. The van der Waals surface area contributed by atoms with Crippen molar-refractivity contribution in [2.24, 2.45) is 0 Å². The van der Waals surface area contributed by atoms with Gasteiger partial charge in [0.05, 0.1) is 6.04 Å². The smallest absolute Gasteiger partial charge is 0.126 e. The molecule has 17 heavy (non-hydrogen) atoms. The van der Waals surface area contributed by atoms with E-state index in [-0.39, 0.29) is 0 Å². The first-order chi connectivity index (χ1) is 8.40. The van der Waals surface area contributed by atoms with Gasteiger partial charge in [-0.1, -0.05) is 31.2 Å². The maximum Gasteiger partial charge on any atom is 0.126 e. The summed E-state index contributed by atoms with van der Waals surface area (Å²) in [5.74, 6) is 1.05. The Bertz CT molecular complexity index is 438. The first-order valence-electron chi connectivity index (χ1n) is 6.56. The summed E-state index contributed by atoms with van der Waals surface area (Å²) in [5, 5.41) is 0. The minimum atomic E-state index is 0.471. The van der Waals surface area contributed by atoms with E-state index in [9.17, 15) is 0 Å². The largest absolute Gasteiger partial charge is 0.491 e. The van der Waals surface area contributed by atoms with Crippen molar-refractivity contribution in [3.63, 3.8) is 0 Å². The van der Waals surface area contributed by atoms with Crippen LogP contribution in [0.5, 0.6) is 5.75 Å². The van der Waals surface area contributed by atoms with E-state index < -0.39 is 0 Å². The maximum absolute atomic E-state index is 5.89. The zero-order valence-corrected chi connectivity index (χ0v) is 10.4. The molecular formula is C15H19NO. The van der Waals surface area contributed by atoms with Crippen LogP contribution in [0.15, 0.2) is 30.3 Å². The number of para-hydroxylation sites is 1. The highest BCUT2D eigenvalue weighted by Crippen LogP contribution is 2.37. The highest BCUT2D eigenvalue weighted by molar-refractivity contribution is 5.76. The van der Waals surface area contributed by atoms with Crippen LogP contribution in [0, 0.1) is 0 Å². The molecule has 1 aromatic rings. The van der Waals surface area contributed by atoms with Crippen molar-refractivity contribution < 1.29 is 4.74 Å². The van der Waals surface area contributed by atoms with Crippen LogP contribution in [0.25, 0.3) is 5.57 Å². The molecule has 0 saturated carbocycles. The molecule has 0 fully saturated rings. The Morgan fingerprint density at radius 3 is 3.12 bits per heavy atom. The van der Waals surface area contributed by atoms with E-state index in [2.05, 4.69) is 36.1 Å². The van der Waals surface area contributed by atoms with Gasteiger partial charge in [-0.15, -0.1) is 0 Å². The van der Waals surface area contributed by atoms with Crippen molar-refractivity contribution in [1.29, 1.82) is 0 Å². The maximum atomic E-state index is 5.89. The van der Waals surface area contributed by atoms with Crippen molar-refractivity contribution >= 4 is 5.57 Å². The first-order valence-corrected chi connectivity index (χ1v) is 6.56. The van der Waals surface area contributed by atoms with Gasteiger partial charge in [0, 0.05) is 12.1 Å². The van der Waals surface area contributed by atoms with Gasteiger partial charge in [0.1, 0.15) is 12.4 Å². The highest BCUT2D eigenvalue weighted by atomic mass is 16.5. The second kappa shape index (κ2) is 4.53. The van der Waals surface area contributed by atoms with Crippen molar-refractivity contribution in [2.75, 3.05) is 19.7 Å². The molecule has 0 N–H and O–H groups in total. The lowest BCUT2D eigenvalue weighted by Gasteiger charge is -2.39. The summed E-state index contributed by atoms with van der Waals surface area (Å²) in [6.07, 6.45) is 4.78. The van der Waals surface area contributed by atoms with Crippen LogP contribution in [0.4, 0.5) is 0 Å². The standard InChI is InChI=1S/C15H19NO/c1-2-9-16-10-5-7-12-13-6-3-4-8-15(13)17-11-14(12)16/h3-4,6-8,14H,2,5,9-11H2,1H3/t14-/m0/s1. The predicted octanol–water partition coefficient (Wildman–Crippen LogP) is 2.95. The number of nitrogens with zero attached hydrogens (tertiary/aromatic N) is 1. The molecule has 2 aliphatic heterocycles. The molecule has 2 nitrogen and oxygen atoms in total. The number of rotatable bonds is 2. The molecule has 1 atom stereocenters. The van der Waals surface area contributed by atoms with Crippen LogP contribution in [0.1, 0.15) is 25.3 Å². The summed E-state index contributed by atoms with van der Waals surface area (Å²) in [5.41, 5.74) is 2.77. The monoisotopic (exact) mass is 229 g/mol. The Morgan fingerprint density at radius 2 is 2.24 bits per heavy atom. The number of benzene rings is 1. The Morgan fingerprint density at radius 1 is 1.35 bits per heavy atom. The summed E-state index contributed by atoms with van der Waals surface area (Å²) in [7, 11) is 0. The second-order valence-electron chi connectivity index (χ2n) is 4.81. The van der Waals surface area contributed by atoms with Crippen LogP contribution in [0.3, 0.4) is 0 Å². The van der Waals surface area contributed by atoms with E-state index in [1.54, 1.807) is 0 Å². The number of ether oxygens (including phenoxy) is 1.